The topological polar surface area (TPSA) is 27.0 Å². The lowest BCUT2D eigenvalue weighted by atomic mass is 9.49. The van der Waals surface area contributed by atoms with Crippen LogP contribution in [0.3, 0.4) is 0 Å². The van der Waals surface area contributed by atoms with E-state index in [0.29, 0.717) is 5.92 Å². The van der Waals surface area contributed by atoms with Crippen LogP contribution >= 0.6 is 0 Å². The number of nitriles is 1. The molecule has 5 rings (SSSR count). The molecule has 104 valence electrons. The van der Waals surface area contributed by atoms with E-state index in [9.17, 15) is 0 Å². The molecule has 2 heteroatoms. The van der Waals surface area contributed by atoms with E-state index in [1.807, 2.05) is 0 Å². The third-order valence-electron chi connectivity index (χ3n) is 6.58. The normalized spacial score (nSPS) is 48.6. The van der Waals surface area contributed by atoms with Gasteiger partial charge in [0.1, 0.15) is 0 Å². The summed E-state index contributed by atoms with van der Waals surface area (Å²) < 4.78 is 0. The highest BCUT2D eigenvalue weighted by atomic mass is 15.1. The van der Waals surface area contributed by atoms with Gasteiger partial charge in [-0.3, -0.25) is 0 Å². The van der Waals surface area contributed by atoms with E-state index in [1.54, 1.807) is 19.3 Å². The molecule has 0 spiro atoms. The summed E-state index contributed by atoms with van der Waals surface area (Å²) in [5.41, 5.74) is 0.722. The third-order valence-corrected chi connectivity index (χ3v) is 6.58. The van der Waals surface area contributed by atoms with Crippen molar-refractivity contribution < 1.29 is 0 Å². The second-order valence-corrected chi connectivity index (χ2v) is 8.08. The van der Waals surface area contributed by atoms with E-state index in [1.165, 1.54) is 38.8 Å². The van der Waals surface area contributed by atoms with Crippen molar-refractivity contribution in [2.24, 2.45) is 29.1 Å². The summed E-state index contributed by atoms with van der Waals surface area (Å²) in [6.07, 6.45) is 11.8. The minimum absolute atomic E-state index is 0.316. The number of hydrogen-bond acceptors (Lipinski definition) is 2. The SMILES string of the molecule is N#CC1CCN(CCC23CC4CC(CC(C4)C2)C3)C1. The monoisotopic (exact) mass is 258 g/mol. The molecule has 1 aliphatic heterocycles. The van der Waals surface area contributed by atoms with Gasteiger partial charge in [-0.15, -0.1) is 0 Å². The Morgan fingerprint density at radius 2 is 1.68 bits per heavy atom. The minimum Gasteiger partial charge on any atom is -0.302 e. The van der Waals surface area contributed by atoms with Crippen molar-refractivity contribution in [2.45, 2.75) is 51.4 Å². The summed E-state index contributed by atoms with van der Waals surface area (Å²) in [6.45, 7) is 3.48. The van der Waals surface area contributed by atoms with Crippen LogP contribution in [0.1, 0.15) is 51.4 Å². The summed E-state index contributed by atoms with van der Waals surface area (Å²) in [5.74, 6) is 3.56. The van der Waals surface area contributed by atoms with Gasteiger partial charge in [-0.05, 0) is 87.6 Å². The van der Waals surface area contributed by atoms with Crippen molar-refractivity contribution in [2.75, 3.05) is 19.6 Å². The first-order valence-electron chi connectivity index (χ1n) is 8.37. The van der Waals surface area contributed by atoms with Crippen molar-refractivity contribution >= 4 is 0 Å². The zero-order chi connectivity index (χ0) is 12.9. The Morgan fingerprint density at radius 3 is 2.21 bits per heavy atom. The Bertz CT molecular complexity index is 359. The van der Waals surface area contributed by atoms with Crippen LogP contribution < -0.4 is 0 Å². The Kier molecular flexibility index (Phi) is 2.88. The van der Waals surface area contributed by atoms with E-state index in [2.05, 4.69) is 11.0 Å². The molecule has 4 bridgehead atoms. The van der Waals surface area contributed by atoms with Crippen LogP contribution in [0, 0.1) is 40.4 Å². The molecule has 0 aromatic heterocycles. The maximum atomic E-state index is 9.01. The predicted octanol–water partition coefficient (Wildman–Crippen LogP) is 3.44. The summed E-state index contributed by atoms with van der Waals surface area (Å²) in [5, 5.41) is 9.01. The summed E-state index contributed by atoms with van der Waals surface area (Å²) >= 11 is 0. The van der Waals surface area contributed by atoms with Crippen LogP contribution in [0.2, 0.25) is 0 Å². The average Bonchev–Trinajstić information content (AvgIpc) is 2.83. The molecular weight excluding hydrogens is 232 g/mol. The lowest BCUT2D eigenvalue weighted by molar-refractivity contribution is -0.0603. The van der Waals surface area contributed by atoms with E-state index < -0.39 is 0 Å². The first-order chi connectivity index (χ1) is 9.25. The van der Waals surface area contributed by atoms with Gasteiger partial charge in [0.15, 0.2) is 0 Å². The molecule has 1 saturated heterocycles. The summed E-state index contributed by atoms with van der Waals surface area (Å²) in [4.78, 5) is 2.56. The molecule has 0 amide bonds. The summed E-state index contributed by atoms with van der Waals surface area (Å²) in [6, 6.07) is 2.45. The molecule has 5 fully saturated rings. The van der Waals surface area contributed by atoms with Gasteiger partial charge in [0.25, 0.3) is 0 Å². The standard InChI is InChI=1S/C17H26N2/c18-11-13-1-3-19(12-13)4-2-17-8-14-5-15(9-17)7-16(6-14)10-17/h13-16H,1-10,12H2. The number of nitrogens with zero attached hydrogens (tertiary/aromatic N) is 2. The Hall–Kier alpha value is -0.550. The molecule has 1 heterocycles. The largest absolute Gasteiger partial charge is 0.302 e. The fourth-order valence-electron chi connectivity index (χ4n) is 6.13. The van der Waals surface area contributed by atoms with E-state index >= 15 is 0 Å². The second-order valence-electron chi connectivity index (χ2n) is 8.08. The van der Waals surface area contributed by atoms with Gasteiger partial charge in [0.05, 0.1) is 12.0 Å². The van der Waals surface area contributed by atoms with Crippen molar-refractivity contribution in [1.82, 2.24) is 4.90 Å². The first-order valence-corrected chi connectivity index (χ1v) is 8.37. The van der Waals surface area contributed by atoms with Gasteiger partial charge < -0.3 is 4.90 Å². The maximum absolute atomic E-state index is 9.01. The average molecular weight is 258 g/mol. The van der Waals surface area contributed by atoms with Crippen molar-refractivity contribution in [3.05, 3.63) is 0 Å². The highest BCUT2D eigenvalue weighted by Gasteiger charge is 2.50. The summed E-state index contributed by atoms with van der Waals surface area (Å²) in [7, 11) is 0. The molecule has 5 aliphatic rings. The smallest absolute Gasteiger partial charge is 0.0669 e. The minimum atomic E-state index is 0.316. The molecule has 2 nitrogen and oxygen atoms in total. The zero-order valence-corrected chi connectivity index (χ0v) is 12.0. The van der Waals surface area contributed by atoms with Gasteiger partial charge >= 0.3 is 0 Å². The first kappa shape index (κ1) is 12.2. The number of rotatable bonds is 3. The molecule has 4 saturated carbocycles. The Labute approximate surface area is 117 Å². The van der Waals surface area contributed by atoms with Crippen LogP contribution in [-0.4, -0.2) is 24.5 Å². The quantitative estimate of drug-likeness (QED) is 0.775. The van der Waals surface area contributed by atoms with Crippen LogP contribution in [0.5, 0.6) is 0 Å². The Balaban J connectivity index is 1.37. The van der Waals surface area contributed by atoms with E-state index in [0.717, 1.165) is 36.1 Å². The molecule has 19 heavy (non-hydrogen) atoms. The molecule has 4 aliphatic carbocycles. The highest BCUT2D eigenvalue weighted by molar-refractivity contribution is 5.02. The van der Waals surface area contributed by atoms with Crippen LogP contribution in [-0.2, 0) is 0 Å². The molecule has 1 unspecified atom stereocenters. The molecular formula is C17H26N2. The van der Waals surface area contributed by atoms with Crippen LogP contribution in [0.25, 0.3) is 0 Å². The lowest BCUT2D eigenvalue weighted by Crippen LogP contribution is -2.47. The van der Waals surface area contributed by atoms with Gasteiger partial charge in [0, 0.05) is 6.54 Å². The van der Waals surface area contributed by atoms with Gasteiger partial charge in [-0.25, -0.2) is 0 Å². The zero-order valence-electron chi connectivity index (χ0n) is 12.0. The second kappa shape index (κ2) is 4.48. The molecule has 0 N–H and O–H groups in total. The molecule has 0 radical (unpaired) electrons. The van der Waals surface area contributed by atoms with E-state index in [-0.39, 0.29) is 0 Å². The van der Waals surface area contributed by atoms with Gasteiger partial charge in [-0.1, -0.05) is 0 Å². The molecule has 0 aromatic rings. The molecule has 1 atom stereocenters. The van der Waals surface area contributed by atoms with E-state index in [4.69, 9.17) is 5.26 Å². The van der Waals surface area contributed by atoms with Crippen LogP contribution in [0.4, 0.5) is 0 Å². The maximum Gasteiger partial charge on any atom is 0.0669 e. The third kappa shape index (κ3) is 2.21. The lowest BCUT2D eigenvalue weighted by Gasteiger charge is -2.57. The highest BCUT2D eigenvalue weighted by Crippen LogP contribution is 2.61. The Morgan fingerprint density at radius 1 is 1.05 bits per heavy atom. The van der Waals surface area contributed by atoms with Crippen LogP contribution in [0.15, 0.2) is 0 Å². The van der Waals surface area contributed by atoms with Crippen molar-refractivity contribution in [1.29, 1.82) is 5.26 Å². The van der Waals surface area contributed by atoms with Gasteiger partial charge in [0.2, 0.25) is 0 Å². The van der Waals surface area contributed by atoms with Gasteiger partial charge in [-0.2, -0.15) is 5.26 Å². The van der Waals surface area contributed by atoms with Crippen molar-refractivity contribution in [3.63, 3.8) is 0 Å². The number of hydrogen-bond donors (Lipinski definition) is 0. The fourth-order valence-corrected chi connectivity index (χ4v) is 6.13. The molecule has 0 aromatic carbocycles. The number of likely N-dealkylation sites (tertiary alicyclic amines) is 1. The predicted molar refractivity (Wildman–Crippen MR) is 75.4 cm³/mol. The fraction of sp³-hybridized carbons (Fsp3) is 0.941. The van der Waals surface area contributed by atoms with Crippen molar-refractivity contribution in [3.8, 4) is 6.07 Å².